The number of hydrogen-bond acceptors (Lipinski definition) is 3. The Morgan fingerprint density at radius 1 is 1.20 bits per heavy atom. The standard InChI is InChI=1S/C14H11ClN2O3/c15-12-7-6-11(9-13(12)17(19)20)16-14(18)8-10-4-2-1-3-5-10/h1-7,9H,8H2,(H,16,18). The third-order valence-electron chi connectivity index (χ3n) is 2.63. The van der Waals surface area contributed by atoms with Crippen LogP contribution in [0.1, 0.15) is 5.56 Å². The van der Waals surface area contributed by atoms with Gasteiger partial charge >= 0.3 is 0 Å². The SMILES string of the molecule is O=C(Cc1ccccc1)Nc1ccc(Cl)c([N+](=O)[O-])c1. The first-order valence-corrected chi connectivity index (χ1v) is 6.22. The molecule has 2 rings (SSSR count). The van der Waals surface area contributed by atoms with E-state index in [4.69, 9.17) is 11.6 Å². The van der Waals surface area contributed by atoms with Gasteiger partial charge in [0.25, 0.3) is 5.69 Å². The van der Waals surface area contributed by atoms with E-state index in [-0.39, 0.29) is 23.0 Å². The van der Waals surface area contributed by atoms with Crippen LogP contribution >= 0.6 is 11.6 Å². The number of carbonyl (C=O) groups is 1. The smallest absolute Gasteiger partial charge is 0.289 e. The zero-order chi connectivity index (χ0) is 14.5. The average molecular weight is 291 g/mol. The fourth-order valence-electron chi connectivity index (χ4n) is 1.72. The Kier molecular flexibility index (Phi) is 4.32. The van der Waals surface area contributed by atoms with Crippen LogP contribution in [-0.4, -0.2) is 10.8 Å². The summed E-state index contributed by atoms with van der Waals surface area (Å²) < 4.78 is 0. The van der Waals surface area contributed by atoms with Crippen molar-refractivity contribution >= 4 is 28.9 Å². The number of halogens is 1. The molecule has 0 radical (unpaired) electrons. The van der Waals surface area contributed by atoms with Gasteiger partial charge in [-0.3, -0.25) is 14.9 Å². The Balaban J connectivity index is 2.08. The summed E-state index contributed by atoms with van der Waals surface area (Å²) in [6, 6.07) is 13.4. The van der Waals surface area contributed by atoms with E-state index in [1.807, 2.05) is 30.3 Å². The lowest BCUT2D eigenvalue weighted by atomic mass is 10.1. The molecule has 2 aromatic rings. The zero-order valence-corrected chi connectivity index (χ0v) is 11.1. The molecule has 0 spiro atoms. The molecule has 0 fully saturated rings. The number of nitrogens with one attached hydrogen (secondary N) is 1. The fraction of sp³-hybridized carbons (Fsp3) is 0.0714. The number of hydrogen-bond donors (Lipinski definition) is 1. The van der Waals surface area contributed by atoms with Crippen LogP contribution in [0.25, 0.3) is 0 Å². The Labute approximate surface area is 120 Å². The summed E-state index contributed by atoms with van der Waals surface area (Å²) in [6.45, 7) is 0. The van der Waals surface area contributed by atoms with Gasteiger partial charge in [-0.2, -0.15) is 0 Å². The molecule has 0 heterocycles. The van der Waals surface area contributed by atoms with Crippen LogP contribution in [0.2, 0.25) is 5.02 Å². The molecule has 102 valence electrons. The maximum atomic E-state index is 11.8. The molecule has 0 saturated heterocycles. The van der Waals surface area contributed by atoms with Crippen LogP contribution in [0.15, 0.2) is 48.5 Å². The molecule has 0 aliphatic rings. The number of rotatable bonds is 4. The van der Waals surface area contributed by atoms with Gasteiger partial charge in [-0.1, -0.05) is 41.9 Å². The number of amides is 1. The first-order chi connectivity index (χ1) is 9.56. The topological polar surface area (TPSA) is 72.2 Å². The first-order valence-electron chi connectivity index (χ1n) is 5.84. The molecule has 0 atom stereocenters. The van der Waals surface area contributed by atoms with Crippen molar-refractivity contribution in [3.05, 3.63) is 69.2 Å². The van der Waals surface area contributed by atoms with E-state index in [1.54, 1.807) is 0 Å². The number of anilines is 1. The Hall–Kier alpha value is -2.40. The van der Waals surface area contributed by atoms with Gasteiger partial charge in [-0.15, -0.1) is 0 Å². The minimum absolute atomic E-state index is 0.0380. The van der Waals surface area contributed by atoms with Gasteiger partial charge in [0.1, 0.15) is 5.02 Å². The predicted molar refractivity (Wildman–Crippen MR) is 76.9 cm³/mol. The zero-order valence-electron chi connectivity index (χ0n) is 10.4. The van der Waals surface area contributed by atoms with Crippen LogP contribution in [0.4, 0.5) is 11.4 Å². The van der Waals surface area contributed by atoms with E-state index in [0.29, 0.717) is 5.69 Å². The molecule has 2 aromatic carbocycles. The molecule has 0 unspecified atom stereocenters. The maximum absolute atomic E-state index is 11.8. The lowest BCUT2D eigenvalue weighted by Crippen LogP contribution is -2.14. The Morgan fingerprint density at radius 3 is 2.55 bits per heavy atom. The first kappa shape index (κ1) is 14.0. The highest BCUT2D eigenvalue weighted by Gasteiger charge is 2.13. The summed E-state index contributed by atoms with van der Waals surface area (Å²) in [5.41, 5.74) is 0.986. The van der Waals surface area contributed by atoms with Crippen LogP contribution in [0, 0.1) is 10.1 Å². The van der Waals surface area contributed by atoms with Gasteiger partial charge in [-0.05, 0) is 17.7 Å². The number of nitro groups is 1. The second-order valence-corrected chi connectivity index (χ2v) is 4.54. The normalized spacial score (nSPS) is 10.1. The van der Waals surface area contributed by atoms with Gasteiger partial charge in [0.2, 0.25) is 5.91 Å². The second kappa shape index (κ2) is 6.16. The van der Waals surface area contributed by atoms with Crippen LogP contribution in [-0.2, 0) is 11.2 Å². The van der Waals surface area contributed by atoms with Crippen molar-refractivity contribution in [3.8, 4) is 0 Å². The van der Waals surface area contributed by atoms with Crippen LogP contribution < -0.4 is 5.32 Å². The lowest BCUT2D eigenvalue weighted by Gasteiger charge is -2.05. The number of nitro benzene ring substituents is 1. The van der Waals surface area contributed by atoms with E-state index in [9.17, 15) is 14.9 Å². The lowest BCUT2D eigenvalue weighted by molar-refractivity contribution is -0.384. The molecule has 6 heteroatoms. The summed E-state index contributed by atoms with van der Waals surface area (Å²) in [7, 11) is 0. The molecule has 0 aliphatic carbocycles. The average Bonchev–Trinajstić information content (AvgIpc) is 2.41. The molecular formula is C14H11ClN2O3. The number of nitrogens with zero attached hydrogens (tertiary/aromatic N) is 1. The molecule has 1 N–H and O–H groups in total. The van der Waals surface area contributed by atoms with Gasteiger partial charge in [0.15, 0.2) is 0 Å². The van der Waals surface area contributed by atoms with E-state index in [2.05, 4.69) is 5.32 Å². The van der Waals surface area contributed by atoms with Gasteiger partial charge in [0, 0.05) is 11.8 Å². The molecule has 0 aliphatic heterocycles. The van der Waals surface area contributed by atoms with Gasteiger partial charge in [-0.25, -0.2) is 0 Å². The van der Waals surface area contributed by atoms with Crippen LogP contribution in [0.5, 0.6) is 0 Å². The summed E-state index contributed by atoms with van der Waals surface area (Å²) in [4.78, 5) is 22.0. The molecule has 0 saturated carbocycles. The summed E-state index contributed by atoms with van der Waals surface area (Å²) >= 11 is 5.70. The van der Waals surface area contributed by atoms with Gasteiger partial charge < -0.3 is 5.32 Å². The van der Waals surface area contributed by atoms with Crippen molar-refractivity contribution in [2.24, 2.45) is 0 Å². The monoisotopic (exact) mass is 290 g/mol. The van der Waals surface area contributed by atoms with E-state index in [0.717, 1.165) is 5.56 Å². The van der Waals surface area contributed by atoms with Crippen molar-refractivity contribution in [1.29, 1.82) is 0 Å². The second-order valence-electron chi connectivity index (χ2n) is 4.13. The molecule has 0 bridgehead atoms. The molecule has 0 aromatic heterocycles. The van der Waals surface area contributed by atoms with Gasteiger partial charge in [0.05, 0.1) is 11.3 Å². The van der Waals surface area contributed by atoms with Crippen molar-refractivity contribution in [2.75, 3.05) is 5.32 Å². The van der Waals surface area contributed by atoms with E-state index >= 15 is 0 Å². The fourth-order valence-corrected chi connectivity index (χ4v) is 1.90. The van der Waals surface area contributed by atoms with Crippen molar-refractivity contribution in [2.45, 2.75) is 6.42 Å². The minimum Gasteiger partial charge on any atom is -0.326 e. The van der Waals surface area contributed by atoms with Crippen molar-refractivity contribution in [3.63, 3.8) is 0 Å². The van der Waals surface area contributed by atoms with E-state index in [1.165, 1.54) is 18.2 Å². The molecule has 5 nitrogen and oxygen atoms in total. The molecule has 20 heavy (non-hydrogen) atoms. The number of carbonyl (C=O) groups excluding carboxylic acids is 1. The van der Waals surface area contributed by atoms with E-state index < -0.39 is 4.92 Å². The summed E-state index contributed by atoms with van der Waals surface area (Å²) in [5.74, 6) is -0.243. The summed E-state index contributed by atoms with van der Waals surface area (Å²) in [6.07, 6.45) is 0.206. The van der Waals surface area contributed by atoms with Crippen molar-refractivity contribution in [1.82, 2.24) is 0 Å². The van der Waals surface area contributed by atoms with Crippen LogP contribution in [0.3, 0.4) is 0 Å². The highest BCUT2D eigenvalue weighted by atomic mass is 35.5. The quantitative estimate of drug-likeness (QED) is 0.692. The Morgan fingerprint density at radius 2 is 1.90 bits per heavy atom. The third-order valence-corrected chi connectivity index (χ3v) is 2.95. The van der Waals surface area contributed by atoms with Crippen molar-refractivity contribution < 1.29 is 9.72 Å². The minimum atomic E-state index is -0.588. The highest BCUT2D eigenvalue weighted by Crippen LogP contribution is 2.27. The summed E-state index contributed by atoms with van der Waals surface area (Å²) in [5, 5.41) is 13.4. The number of benzene rings is 2. The highest BCUT2D eigenvalue weighted by molar-refractivity contribution is 6.32. The predicted octanol–water partition coefficient (Wildman–Crippen LogP) is 3.43. The molecule has 1 amide bonds. The molecular weight excluding hydrogens is 280 g/mol. The maximum Gasteiger partial charge on any atom is 0.289 e. The third kappa shape index (κ3) is 3.55. The largest absolute Gasteiger partial charge is 0.326 e. The Bertz CT molecular complexity index is 644.